The van der Waals surface area contributed by atoms with Gasteiger partial charge in [-0.05, 0) is 64.8 Å². The monoisotopic (exact) mass is 523 g/mol. The molecule has 2 aromatic carbocycles. The molecule has 3 N–H and O–H groups in total. The summed E-state index contributed by atoms with van der Waals surface area (Å²) in [5.41, 5.74) is 8.48. The van der Waals surface area contributed by atoms with Gasteiger partial charge in [0.25, 0.3) is 5.91 Å². The Labute approximate surface area is 222 Å². The molecule has 7 nitrogen and oxygen atoms in total. The van der Waals surface area contributed by atoms with E-state index in [-0.39, 0.29) is 11.4 Å². The van der Waals surface area contributed by atoms with Crippen molar-refractivity contribution in [2.45, 2.75) is 25.7 Å². The maximum absolute atomic E-state index is 13.2. The molecule has 3 rings (SSSR count). The van der Waals surface area contributed by atoms with Crippen LogP contribution in [-0.2, 0) is 14.3 Å². The molecule has 1 amide bonds. The summed E-state index contributed by atoms with van der Waals surface area (Å²) in [4.78, 5) is 22.0. The van der Waals surface area contributed by atoms with Crippen LogP contribution in [-0.4, -0.2) is 77.1 Å². The number of amidine groups is 1. The number of amides is 1. The summed E-state index contributed by atoms with van der Waals surface area (Å²) in [6.07, 6.45) is 1.60. The third-order valence-corrected chi connectivity index (χ3v) is 8.06. The zero-order valence-electron chi connectivity index (χ0n) is 22.6. The number of nitrogens with one attached hydrogen (secondary N) is 1. The summed E-state index contributed by atoms with van der Waals surface area (Å²) in [6.45, 7) is 14.5. The first kappa shape index (κ1) is 30.0. The lowest BCUT2D eigenvalue weighted by atomic mass is 10.1. The summed E-state index contributed by atoms with van der Waals surface area (Å²) < 4.78 is 13.2. The summed E-state index contributed by atoms with van der Waals surface area (Å²) in [7, 11) is -0.243. The van der Waals surface area contributed by atoms with E-state index in [1.54, 1.807) is 18.3 Å². The van der Waals surface area contributed by atoms with Gasteiger partial charge in [-0.3, -0.25) is 13.9 Å². The van der Waals surface area contributed by atoms with Gasteiger partial charge in [0, 0.05) is 55.3 Å². The minimum Gasteiger partial charge on any atom is -0.383 e. The van der Waals surface area contributed by atoms with Gasteiger partial charge in [-0.2, -0.15) is 0 Å². The number of aliphatic imine (C=N–C) groups is 1. The number of nitrogens with two attached hydrogens (primary N) is 1. The largest absolute Gasteiger partial charge is 0.383 e. The number of likely N-dealkylation sites (N-methyl/N-ethyl adjacent to an activating group) is 1. The normalized spacial score (nSPS) is 16.8. The van der Waals surface area contributed by atoms with E-state index in [2.05, 4.69) is 39.6 Å². The molecule has 0 aliphatic carbocycles. The molecule has 1 atom stereocenters. The lowest BCUT2D eigenvalue weighted by molar-refractivity contribution is -0.112. The average molecular weight is 524 g/mol. The molecule has 1 saturated heterocycles. The molecule has 0 saturated carbocycles. The van der Waals surface area contributed by atoms with Crippen molar-refractivity contribution < 1.29 is 9.00 Å². The van der Waals surface area contributed by atoms with Crippen molar-refractivity contribution in [1.82, 2.24) is 9.80 Å². The molecule has 0 radical (unpaired) electrons. The smallest absolute Gasteiger partial charge is 0.258 e. The Morgan fingerprint density at radius 2 is 1.68 bits per heavy atom. The molecule has 37 heavy (non-hydrogen) atoms. The molecular formula is C29H41N5O2S. The number of rotatable bonds is 9. The fraction of sp³-hybridized carbons (Fsp3) is 0.345. The number of para-hydroxylation sites is 1. The second-order valence-electron chi connectivity index (χ2n) is 8.81. The van der Waals surface area contributed by atoms with Crippen molar-refractivity contribution in [3.05, 3.63) is 78.5 Å². The van der Waals surface area contributed by atoms with Crippen LogP contribution in [0, 0.1) is 0 Å². The summed E-state index contributed by atoms with van der Waals surface area (Å²) in [5.74, 6) is 4.20. The number of anilines is 1. The highest BCUT2D eigenvalue weighted by Gasteiger charge is 2.16. The molecule has 200 valence electrons. The first-order valence-corrected chi connectivity index (χ1v) is 14.5. The van der Waals surface area contributed by atoms with Crippen molar-refractivity contribution in [1.29, 1.82) is 0 Å². The number of carbonyl (C=O) groups excluding carboxylic acids is 1. The van der Waals surface area contributed by atoms with E-state index >= 15 is 0 Å². The number of carbonyl (C=O) groups is 1. The highest BCUT2D eigenvalue weighted by atomic mass is 32.2. The highest BCUT2D eigenvalue weighted by molar-refractivity contribution is 8.00. The molecule has 1 fully saturated rings. The molecule has 0 spiro atoms. The summed E-state index contributed by atoms with van der Waals surface area (Å²) >= 11 is 0. The van der Waals surface area contributed by atoms with Crippen molar-refractivity contribution >= 4 is 38.4 Å². The third-order valence-electron chi connectivity index (χ3n) is 6.08. The van der Waals surface area contributed by atoms with E-state index < -0.39 is 15.4 Å². The lowest BCUT2D eigenvalue weighted by Gasteiger charge is -2.32. The number of benzene rings is 2. The Morgan fingerprint density at radius 3 is 2.27 bits per heavy atom. The van der Waals surface area contributed by atoms with Crippen LogP contribution in [0.25, 0.3) is 5.57 Å². The van der Waals surface area contributed by atoms with Gasteiger partial charge in [-0.25, -0.2) is 4.99 Å². The van der Waals surface area contributed by atoms with Gasteiger partial charge in [-0.15, -0.1) is 0 Å². The minimum absolute atomic E-state index is 0.0408. The molecule has 1 aliphatic heterocycles. The maximum atomic E-state index is 13.2. The topological polar surface area (TPSA) is 91.0 Å². The SMILES string of the molecule is C=C(C(=O)Nc1ccccc1)C(N)=N/C=C(\C)c1ccc(S(=C)(=O)CCN2CCN(C)CC2)cc1.CC. The Hall–Kier alpha value is -3.20. The van der Waals surface area contributed by atoms with Gasteiger partial charge in [0.15, 0.2) is 0 Å². The van der Waals surface area contributed by atoms with Gasteiger partial charge < -0.3 is 16.0 Å². The lowest BCUT2D eigenvalue weighted by Crippen LogP contribution is -2.45. The van der Waals surface area contributed by atoms with Crippen LogP contribution in [0.5, 0.6) is 0 Å². The van der Waals surface area contributed by atoms with Crippen LogP contribution in [0.2, 0.25) is 0 Å². The van der Waals surface area contributed by atoms with E-state index in [1.807, 2.05) is 63.2 Å². The fourth-order valence-electron chi connectivity index (χ4n) is 3.59. The summed E-state index contributed by atoms with van der Waals surface area (Å²) in [6, 6.07) is 16.6. The molecule has 0 aromatic heterocycles. The Morgan fingerprint density at radius 1 is 1.08 bits per heavy atom. The predicted octanol–water partition coefficient (Wildman–Crippen LogP) is 3.95. The average Bonchev–Trinajstić information content (AvgIpc) is 2.92. The molecule has 0 bridgehead atoms. The second kappa shape index (κ2) is 14.5. The van der Waals surface area contributed by atoms with Crippen LogP contribution >= 0.6 is 0 Å². The van der Waals surface area contributed by atoms with Gasteiger partial charge >= 0.3 is 0 Å². The third kappa shape index (κ3) is 9.31. The van der Waals surface area contributed by atoms with Crippen LogP contribution in [0.15, 0.2) is 82.8 Å². The van der Waals surface area contributed by atoms with Gasteiger partial charge in [-0.1, -0.05) is 50.8 Å². The molecule has 1 aliphatic rings. The molecule has 8 heteroatoms. The Balaban J connectivity index is 0.00000235. The van der Waals surface area contributed by atoms with E-state index in [0.717, 1.165) is 48.8 Å². The molecule has 1 unspecified atom stereocenters. The minimum atomic E-state index is -2.37. The molecule has 2 aromatic rings. The van der Waals surface area contributed by atoms with E-state index in [0.29, 0.717) is 11.4 Å². The number of hydrogen-bond acceptors (Lipinski definition) is 5. The van der Waals surface area contributed by atoms with Gasteiger partial charge in [0.2, 0.25) is 0 Å². The Bertz CT molecular complexity index is 1190. The maximum Gasteiger partial charge on any atom is 0.258 e. The zero-order valence-corrected chi connectivity index (χ0v) is 23.4. The van der Waals surface area contributed by atoms with Gasteiger partial charge in [0.05, 0.1) is 5.57 Å². The second-order valence-corrected chi connectivity index (χ2v) is 11.3. The van der Waals surface area contributed by atoms with Crippen molar-refractivity contribution in [2.24, 2.45) is 10.7 Å². The van der Waals surface area contributed by atoms with E-state index in [1.165, 1.54) is 0 Å². The van der Waals surface area contributed by atoms with Crippen LogP contribution in [0.4, 0.5) is 5.69 Å². The van der Waals surface area contributed by atoms with Crippen molar-refractivity contribution in [3.63, 3.8) is 0 Å². The van der Waals surface area contributed by atoms with Crippen LogP contribution < -0.4 is 11.1 Å². The van der Waals surface area contributed by atoms with Crippen molar-refractivity contribution in [2.75, 3.05) is 50.8 Å². The number of allylic oxidation sites excluding steroid dienone is 1. The first-order valence-electron chi connectivity index (χ1n) is 12.6. The Kier molecular flexibility index (Phi) is 11.8. The highest BCUT2D eigenvalue weighted by Crippen LogP contribution is 2.19. The van der Waals surface area contributed by atoms with E-state index in [4.69, 9.17) is 5.73 Å². The quantitative estimate of drug-likeness (QED) is 0.225. The predicted molar refractivity (Wildman–Crippen MR) is 160 cm³/mol. The van der Waals surface area contributed by atoms with Gasteiger partial charge in [0.1, 0.15) is 5.84 Å². The molecular weight excluding hydrogens is 482 g/mol. The summed E-state index contributed by atoms with van der Waals surface area (Å²) in [5, 5.41) is 2.74. The van der Waals surface area contributed by atoms with Crippen LogP contribution in [0.1, 0.15) is 26.3 Å². The van der Waals surface area contributed by atoms with E-state index in [9.17, 15) is 9.00 Å². The number of hydrogen-bond donors (Lipinski definition) is 2. The fourth-order valence-corrected chi connectivity index (χ4v) is 5.02. The standard InChI is InChI=1S/C27H35N5O2S.C2H6/c1-21(20-29-26(28)22(2)27(33)30-24-8-6-5-7-9-24)23-10-12-25(13-11-23)35(4,34)19-18-32-16-14-31(3)15-17-32;1-2/h5-13,20H,2,4,14-19H2,1,3H3,(H2,28,29)(H,30,33);1-2H3/b21-20+;. The number of nitrogens with zero attached hydrogens (tertiary/aromatic N) is 3. The zero-order chi connectivity index (χ0) is 27.4. The number of piperazine rings is 1. The molecule has 1 heterocycles. The van der Waals surface area contributed by atoms with Crippen molar-refractivity contribution in [3.8, 4) is 0 Å². The first-order chi connectivity index (χ1) is 17.7. The van der Waals surface area contributed by atoms with Crippen LogP contribution in [0.3, 0.4) is 0 Å².